The molecule has 0 atom stereocenters. The molecule has 1 aromatic heterocycles. The Kier molecular flexibility index (Phi) is 5.54. The monoisotopic (exact) mass is 287 g/mol. The van der Waals surface area contributed by atoms with Gasteiger partial charge in [0.1, 0.15) is 6.61 Å². The van der Waals surface area contributed by atoms with Crippen molar-refractivity contribution in [1.29, 1.82) is 0 Å². The van der Waals surface area contributed by atoms with Crippen LogP contribution >= 0.6 is 0 Å². The van der Waals surface area contributed by atoms with E-state index in [1.54, 1.807) is 12.1 Å². The SMILES string of the molecule is O=C(NCCO)Nc1ccc(OCc2ccccc2)nc1. The Balaban J connectivity index is 1.83. The van der Waals surface area contributed by atoms with Gasteiger partial charge in [0, 0.05) is 12.6 Å². The van der Waals surface area contributed by atoms with E-state index in [0.29, 0.717) is 18.2 Å². The number of carbonyl (C=O) groups excluding carboxylic acids is 1. The fraction of sp³-hybridized carbons (Fsp3) is 0.200. The topological polar surface area (TPSA) is 83.5 Å². The number of amides is 2. The van der Waals surface area contributed by atoms with Crippen molar-refractivity contribution >= 4 is 11.7 Å². The van der Waals surface area contributed by atoms with Crippen LogP contribution in [-0.4, -0.2) is 29.3 Å². The van der Waals surface area contributed by atoms with Crippen LogP contribution < -0.4 is 15.4 Å². The zero-order chi connectivity index (χ0) is 14.9. The molecular weight excluding hydrogens is 270 g/mol. The van der Waals surface area contributed by atoms with Gasteiger partial charge in [-0.15, -0.1) is 0 Å². The Labute approximate surface area is 122 Å². The summed E-state index contributed by atoms with van der Waals surface area (Å²) >= 11 is 0. The quantitative estimate of drug-likeness (QED) is 0.756. The minimum atomic E-state index is -0.385. The van der Waals surface area contributed by atoms with Crippen molar-refractivity contribution in [2.75, 3.05) is 18.5 Å². The zero-order valence-corrected chi connectivity index (χ0v) is 11.5. The number of aliphatic hydroxyl groups excluding tert-OH is 1. The van der Waals surface area contributed by atoms with E-state index in [1.165, 1.54) is 6.20 Å². The molecule has 6 heteroatoms. The first-order valence-electron chi connectivity index (χ1n) is 6.56. The number of aliphatic hydroxyl groups is 1. The molecule has 3 N–H and O–H groups in total. The van der Waals surface area contributed by atoms with E-state index in [0.717, 1.165) is 5.56 Å². The lowest BCUT2D eigenvalue weighted by Crippen LogP contribution is -2.30. The number of hydrogen-bond acceptors (Lipinski definition) is 4. The average molecular weight is 287 g/mol. The lowest BCUT2D eigenvalue weighted by Gasteiger charge is -2.08. The van der Waals surface area contributed by atoms with Crippen LogP contribution in [0.25, 0.3) is 0 Å². The fourth-order valence-corrected chi connectivity index (χ4v) is 1.62. The second kappa shape index (κ2) is 7.86. The first-order valence-corrected chi connectivity index (χ1v) is 6.56. The second-order valence-electron chi connectivity index (χ2n) is 4.26. The molecule has 2 rings (SSSR count). The Hall–Kier alpha value is -2.60. The lowest BCUT2D eigenvalue weighted by atomic mass is 10.2. The molecule has 0 unspecified atom stereocenters. The molecule has 0 saturated heterocycles. The molecule has 2 aromatic rings. The summed E-state index contributed by atoms with van der Waals surface area (Å²) in [5.74, 6) is 0.486. The third-order valence-electron chi connectivity index (χ3n) is 2.62. The smallest absolute Gasteiger partial charge is 0.319 e. The van der Waals surface area contributed by atoms with Crippen molar-refractivity contribution in [3.8, 4) is 5.88 Å². The summed E-state index contributed by atoms with van der Waals surface area (Å²) in [4.78, 5) is 15.5. The van der Waals surface area contributed by atoms with E-state index >= 15 is 0 Å². The molecule has 21 heavy (non-hydrogen) atoms. The molecule has 1 aromatic carbocycles. The Morgan fingerprint density at radius 2 is 2.00 bits per heavy atom. The molecule has 6 nitrogen and oxygen atoms in total. The van der Waals surface area contributed by atoms with Gasteiger partial charge in [-0.25, -0.2) is 9.78 Å². The highest BCUT2D eigenvalue weighted by molar-refractivity contribution is 5.88. The standard InChI is InChI=1S/C15H17N3O3/c19-9-8-16-15(20)18-13-6-7-14(17-10-13)21-11-12-4-2-1-3-5-12/h1-7,10,19H,8-9,11H2,(H2,16,18,20). The molecule has 0 bridgehead atoms. The summed E-state index contributed by atoms with van der Waals surface area (Å²) in [6.07, 6.45) is 1.51. The second-order valence-corrected chi connectivity index (χ2v) is 4.26. The van der Waals surface area contributed by atoms with Gasteiger partial charge < -0.3 is 20.5 Å². The number of urea groups is 1. The number of rotatable bonds is 6. The highest BCUT2D eigenvalue weighted by Crippen LogP contribution is 2.13. The molecule has 0 radical (unpaired) electrons. The van der Waals surface area contributed by atoms with Gasteiger partial charge in [0.2, 0.25) is 5.88 Å². The summed E-state index contributed by atoms with van der Waals surface area (Å²) in [5.41, 5.74) is 1.61. The van der Waals surface area contributed by atoms with Gasteiger partial charge >= 0.3 is 6.03 Å². The maximum atomic E-state index is 11.4. The fourth-order valence-electron chi connectivity index (χ4n) is 1.62. The lowest BCUT2D eigenvalue weighted by molar-refractivity contribution is 0.244. The zero-order valence-electron chi connectivity index (χ0n) is 11.5. The largest absolute Gasteiger partial charge is 0.473 e. The Morgan fingerprint density at radius 1 is 1.19 bits per heavy atom. The number of aromatic nitrogens is 1. The van der Waals surface area contributed by atoms with Gasteiger partial charge in [-0.2, -0.15) is 0 Å². The van der Waals surface area contributed by atoms with Crippen molar-refractivity contribution in [3.63, 3.8) is 0 Å². The normalized spacial score (nSPS) is 9.95. The van der Waals surface area contributed by atoms with Crippen LogP contribution in [-0.2, 0) is 6.61 Å². The molecule has 0 aliphatic carbocycles. The van der Waals surface area contributed by atoms with Crippen LogP contribution in [0.3, 0.4) is 0 Å². The number of carbonyl (C=O) groups is 1. The summed E-state index contributed by atoms with van der Waals surface area (Å²) in [5, 5.41) is 13.7. The molecule has 0 fully saturated rings. The minimum absolute atomic E-state index is 0.0993. The Morgan fingerprint density at radius 3 is 2.67 bits per heavy atom. The minimum Gasteiger partial charge on any atom is -0.473 e. The molecule has 0 aliphatic heterocycles. The van der Waals surface area contributed by atoms with Crippen molar-refractivity contribution in [3.05, 3.63) is 54.2 Å². The number of benzene rings is 1. The molecule has 0 aliphatic rings. The third kappa shape index (κ3) is 5.12. The first-order chi connectivity index (χ1) is 10.3. The Bertz CT molecular complexity index is 558. The third-order valence-corrected chi connectivity index (χ3v) is 2.62. The van der Waals surface area contributed by atoms with Gasteiger partial charge in [-0.05, 0) is 11.6 Å². The van der Waals surface area contributed by atoms with Crippen LogP contribution in [0.5, 0.6) is 5.88 Å². The number of nitrogens with zero attached hydrogens (tertiary/aromatic N) is 1. The predicted molar refractivity (Wildman–Crippen MR) is 79.1 cm³/mol. The number of hydrogen-bond donors (Lipinski definition) is 3. The maximum Gasteiger partial charge on any atom is 0.319 e. The van der Waals surface area contributed by atoms with Crippen LogP contribution in [0.2, 0.25) is 0 Å². The summed E-state index contributed by atoms with van der Waals surface area (Å²) in [6.45, 7) is 0.549. The van der Waals surface area contributed by atoms with Crippen molar-refractivity contribution in [2.45, 2.75) is 6.61 Å². The van der Waals surface area contributed by atoms with Gasteiger partial charge in [0.15, 0.2) is 0 Å². The number of ether oxygens (including phenoxy) is 1. The van der Waals surface area contributed by atoms with Crippen molar-refractivity contribution < 1.29 is 14.6 Å². The molecule has 2 amide bonds. The van der Waals surface area contributed by atoms with Crippen molar-refractivity contribution in [2.24, 2.45) is 0 Å². The van der Waals surface area contributed by atoms with Crippen LogP contribution in [0.1, 0.15) is 5.56 Å². The predicted octanol–water partition coefficient (Wildman–Crippen LogP) is 1.77. The van der Waals surface area contributed by atoms with E-state index in [4.69, 9.17) is 9.84 Å². The van der Waals surface area contributed by atoms with E-state index in [-0.39, 0.29) is 19.2 Å². The number of pyridine rings is 1. The highest BCUT2D eigenvalue weighted by atomic mass is 16.5. The van der Waals surface area contributed by atoms with Gasteiger partial charge in [-0.3, -0.25) is 0 Å². The van der Waals surface area contributed by atoms with Crippen molar-refractivity contribution in [1.82, 2.24) is 10.3 Å². The summed E-state index contributed by atoms with van der Waals surface area (Å²) < 4.78 is 5.54. The van der Waals surface area contributed by atoms with Crippen LogP contribution in [0.4, 0.5) is 10.5 Å². The van der Waals surface area contributed by atoms with Crippen LogP contribution in [0.15, 0.2) is 48.7 Å². The number of nitrogens with one attached hydrogen (secondary N) is 2. The van der Waals surface area contributed by atoms with E-state index in [1.807, 2.05) is 30.3 Å². The molecule has 1 heterocycles. The highest BCUT2D eigenvalue weighted by Gasteiger charge is 2.02. The maximum absolute atomic E-state index is 11.4. The number of anilines is 1. The average Bonchev–Trinajstić information content (AvgIpc) is 2.53. The van der Waals surface area contributed by atoms with E-state index < -0.39 is 0 Å². The van der Waals surface area contributed by atoms with Gasteiger partial charge in [-0.1, -0.05) is 30.3 Å². The summed E-state index contributed by atoms with van der Waals surface area (Å²) in [7, 11) is 0. The van der Waals surface area contributed by atoms with Crippen LogP contribution in [0, 0.1) is 0 Å². The molecular formula is C15H17N3O3. The van der Waals surface area contributed by atoms with Gasteiger partial charge in [0.25, 0.3) is 0 Å². The first kappa shape index (κ1) is 14.8. The van der Waals surface area contributed by atoms with E-state index in [2.05, 4.69) is 15.6 Å². The molecule has 0 spiro atoms. The van der Waals surface area contributed by atoms with Gasteiger partial charge in [0.05, 0.1) is 18.5 Å². The summed E-state index contributed by atoms with van der Waals surface area (Å²) in [6, 6.07) is 12.8. The molecule has 0 saturated carbocycles. The molecule has 110 valence electrons. The van der Waals surface area contributed by atoms with E-state index in [9.17, 15) is 4.79 Å².